The molecule has 0 saturated heterocycles. The number of aromatic nitrogens is 3. The van der Waals surface area contributed by atoms with Gasteiger partial charge in [0.1, 0.15) is 16.7 Å². The summed E-state index contributed by atoms with van der Waals surface area (Å²) in [6, 6.07) is 0. The second kappa shape index (κ2) is 3.88. The highest BCUT2D eigenvalue weighted by Crippen LogP contribution is 2.23. The van der Waals surface area contributed by atoms with Gasteiger partial charge in [-0.2, -0.15) is 0 Å². The van der Waals surface area contributed by atoms with E-state index in [0.29, 0.717) is 5.82 Å². The van der Waals surface area contributed by atoms with E-state index in [0.717, 1.165) is 28.2 Å². The van der Waals surface area contributed by atoms with E-state index in [9.17, 15) is 0 Å². The fraction of sp³-hybridized carbons (Fsp3) is 0.444. The molecule has 0 aliphatic heterocycles. The average molecular weight is 208 g/mol. The number of hydrogen-bond acceptors (Lipinski definition) is 5. The first-order valence-corrected chi connectivity index (χ1v) is 5.48. The lowest BCUT2D eigenvalue weighted by Gasteiger charge is -1.90. The molecule has 2 aromatic rings. The number of hydrogen-bond donors (Lipinski definition) is 1. The van der Waals surface area contributed by atoms with Crippen molar-refractivity contribution < 1.29 is 0 Å². The third-order valence-corrected chi connectivity index (χ3v) is 3.04. The van der Waals surface area contributed by atoms with Crippen molar-refractivity contribution >= 4 is 27.5 Å². The van der Waals surface area contributed by atoms with Gasteiger partial charge in [0.25, 0.3) is 0 Å². The number of nitrogens with zero attached hydrogens (tertiary/aromatic N) is 3. The Morgan fingerprint density at radius 3 is 3.00 bits per heavy atom. The lowest BCUT2D eigenvalue weighted by atomic mass is 10.3. The maximum absolute atomic E-state index is 5.69. The second-order valence-corrected chi connectivity index (χ2v) is 4.19. The van der Waals surface area contributed by atoms with Crippen molar-refractivity contribution in [3.8, 4) is 0 Å². The molecule has 74 valence electrons. The van der Waals surface area contributed by atoms with Crippen LogP contribution < -0.4 is 5.73 Å². The van der Waals surface area contributed by atoms with Crippen LogP contribution in [0.5, 0.6) is 0 Å². The molecule has 2 N–H and O–H groups in total. The van der Waals surface area contributed by atoms with Crippen molar-refractivity contribution in [3.05, 3.63) is 11.3 Å². The normalized spacial score (nSPS) is 10.9. The lowest BCUT2D eigenvalue weighted by Crippen LogP contribution is -1.91. The van der Waals surface area contributed by atoms with Crippen molar-refractivity contribution in [2.45, 2.75) is 26.2 Å². The number of rotatable bonds is 3. The van der Waals surface area contributed by atoms with Gasteiger partial charge in [0, 0.05) is 0 Å². The van der Waals surface area contributed by atoms with Crippen LogP contribution in [-0.2, 0) is 6.42 Å². The van der Waals surface area contributed by atoms with Crippen LogP contribution in [0.25, 0.3) is 10.3 Å². The number of nitrogens with two attached hydrogens (primary N) is 1. The van der Waals surface area contributed by atoms with Gasteiger partial charge in [-0.15, -0.1) is 0 Å². The minimum Gasteiger partial charge on any atom is -0.382 e. The largest absolute Gasteiger partial charge is 0.382 e. The Morgan fingerprint density at radius 1 is 1.43 bits per heavy atom. The molecule has 0 bridgehead atoms. The topological polar surface area (TPSA) is 64.7 Å². The van der Waals surface area contributed by atoms with Crippen LogP contribution in [0, 0.1) is 0 Å². The zero-order valence-electron chi connectivity index (χ0n) is 8.03. The summed E-state index contributed by atoms with van der Waals surface area (Å²) in [6.45, 7) is 2.17. The SMILES string of the molecule is CCCCc1nc2c(N)ncnc2s1. The molecule has 0 fully saturated rings. The Balaban J connectivity index is 2.36. The summed E-state index contributed by atoms with van der Waals surface area (Å²) < 4.78 is 0. The first kappa shape index (κ1) is 9.33. The molecule has 2 aromatic heterocycles. The van der Waals surface area contributed by atoms with Gasteiger partial charge in [0.2, 0.25) is 0 Å². The number of thiazole rings is 1. The number of unbranched alkanes of at least 4 members (excludes halogenated alkanes) is 1. The molecule has 0 aliphatic carbocycles. The van der Waals surface area contributed by atoms with E-state index < -0.39 is 0 Å². The Bertz CT molecular complexity index is 437. The zero-order valence-corrected chi connectivity index (χ0v) is 8.84. The Morgan fingerprint density at radius 2 is 2.29 bits per heavy atom. The highest BCUT2D eigenvalue weighted by atomic mass is 32.1. The second-order valence-electron chi connectivity index (χ2n) is 3.12. The van der Waals surface area contributed by atoms with Crippen LogP contribution in [0.2, 0.25) is 0 Å². The van der Waals surface area contributed by atoms with Crippen LogP contribution >= 0.6 is 11.3 Å². The minimum absolute atomic E-state index is 0.481. The summed E-state index contributed by atoms with van der Waals surface area (Å²) in [6.07, 6.45) is 4.83. The van der Waals surface area contributed by atoms with Crippen LogP contribution in [-0.4, -0.2) is 15.0 Å². The van der Waals surface area contributed by atoms with E-state index >= 15 is 0 Å². The van der Waals surface area contributed by atoms with Gasteiger partial charge >= 0.3 is 0 Å². The quantitative estimate of drug-likeness (QED) is 0.838. The van der Waals surface area contributed by atoms with E-state index in [4.69, 9.17) is 5.73 Å². The Labute approximate surface area is 86.2 Å². The third kappa shape index (κ3) is 1.68. The molecule has 0 spiro atoms. The predicted molar refractivity (Wildman–Crippen MR) is 58.2 cm³/mol. The van der Waals surface area contributed by atoms with Gasteiger partial charge in [-0.3, -0.25) is 0 Å². The van der Waals surface area contributed by atoms with E-state index in [1.54, 1.807) is 11.3 Å². The first-order valence-electron chi connectivity index (χ1n) is 4.67. The van der Waals surface area contributed by atoms with E-state index in [1.807, 2.05) is 0 Å². The molecule has 0 atom stereocenters. The molecule has 0 saturated carbocycles. The first-order chi connectivity index (χ1) is 6.81. The van der Waals surface area contributed by atoms with E-state index in [1.165, 1.54) is 12.7 Å². The van der Waals surface area contributed by atoms with E-state index in [-0.39, 0.29) is 0 Å². The van der Waals surface area contributed by atoms with Crippen LogP contribution in [0.3, 0.4) is 0 Å². The van der Waals surface area contributed by atoms with Gasteiger partial charge in [-0.05, 0) is 12.8 Å². The van der Waals surface area contributed by atoms with Gasteiger partial charge < -0.3 is 5.73 Å². The Hall–Kier alpha value is -1.23. The van der Waals surface area contributed by atoms with Crippen LogP contribution in [0.4, 0.5) is 5.82 Å². The molecule has 0 aliphatic rings. The molecule has 0 unspecified atom stereocenters. The molecule has 5 heteroatoms. The summed E-state index contributed by atoms with van der Waals surface area (Å²) in [5.74, 6) is 0.481. The predicted octanol–water partition coefficient (Wildman–Crippen LogP) is 2.01. The molecule has 4 nitrogen and oxygen atoms in total. The molecular weight excluding hydrogens is 196 g/mol. The highest BCUT2D eigenvalue weighted by Gasteiger charge is 2.07. The average Bonchev–Trinajstić information content (AvgIpc) is 2.59. The van der Waals surface area contributed by atoms with Crippen molar-refractivity contribution in [2.24, 2.45) is 0 Å². The number of nitrogen functional groups attached to an aromatic ring is 1. The smallest absolute Gasteiger partial charge is 0.154 e. The monoisotopic (exact) mass is 208 g/mol. The molecular formula is C9H12N4S. The number of anilines is 1. The summed E-state index contributed by atoms with van der Waals surface area (Å²) in [5.41, 5.74) is 6.44. The van der Waals surface area contributed by atoms with Crippen LogP contribution in [0.15, 0.2) is 6.33 Å². The Kier molecular flexibility index (Phi) is 2.58. The highest BCUT2D eigenvalue weighted by molar-refractivity contribution is 7.18. The summed E-state index contributed by atoms with van der Waals surface area (Å²) >= 11 is 1.61. The zero-order chi connectivity index (χ0) is 9.97. The summed E-state index contributed by atoms with van der Waals surface area (Å²) in [5, 5.41) is 1.11. The molecule has 0 aromatic carbocycles. The number of aryl methyl sites for hydroxylation is 1. The third-order valence-electron chi connectivity index (χ3n) is 2.01. The molecule has 0 amide bonds. The van der Waals surface area contributed by atoms with Gasteiger partial charge in [0.05, 0.1) is 5.01 Å². The van der Waals surface area contributed by atoms with E-state index in [2.05, 4.69) is 21.9 Å². The lowest BCUT2D eigenvalue weighted by molar-refractivity contribution is 0.791. The molecule has 0 radical (unpaired) electrons. The fourth-order valence-electron chi connectivity index (χ4n) is 1.25. The summed E-state index contributed by atoms with van der Waals surface area (Å²) in [4.78, 5) is 13.4. The van der Waals surface area contributed by atoms with Crippen molar-refractivity contribution in [1.29, 1.82) is 0 Å². The van der Waals surface area contributed by atoms with Crippen molar-refractivity contribution in [1.82, 2.24) is 15.0 Å². The summed E-state index contributed by atoms with van der Waals surface area (Å²) in [7, 11) is 0. The van der Waals surface area contributed by atoms with Crippen LogP contribution in [0.1, 0.15) is 24.8 Å². The van der Waals surface area contributed by atoms with Gasteiger partial charge in [-0.1, -0.05) is 24.7 Å². The number of fused-ring (bicyclic) bond motifs is 1. The molecule has 14 heavy (non-hydrogen) atoms. The standard InChI is InChI=1S/C9H12N4S/c1-2-3-4-6-13-7-8(10)11-5-12-9(7)14-6/h5H,2-4H2,1H3,(H2,10,11,12). The van der Waals surface area contributed by atoms with Gasteiger partial charge in [-0.25, -0.2) is 15.0 Å². The maximum atomic E-state index is 5.69. The van der Waals surface area contributed by atoms with Crippen molar-refractivity contribution in [3.63, 3.8) is 0 Å². The molecule has 2 heterocycles. The fourth-order valence-corrected chi connectivity index (χ4v) is 2.20. The molecule has 2 rings (SSSR count). The maximum Gasteiger partial charge on any atom is 0.154 e. The minimum atomic E-state index is 0.481. The van der Waals surface area contributed by atoms with Gasteiger partial charge in [0.15, 0.2) is 5.82 Å². The van der Waals surface area contributed by atoms with Crippen molar-refractivity contribution in [2.75, 3.05) is 5.73 Å².